The first-order valence-corrected chi connectivity index (χ1v) is 7.09. The molecule has 2 nitrogen and oxygen atoms in total. The Morgan fingerprint density at radius 2 is 2.23 bits per heavy atom. The van der Waals surface area contributed by atoms with Crippen molar-refractivity contribution in [1.29, 1.82) is 0 Å². The molecule has 0 aliphatic carbocycles. The number of hydrogen-bond acceptors (Lipinski definition) is 3. The smallest absolute Gasteiger partial charge is 0.233 e. The van der Waals surface area contributed by atoms with Crippen LogP contribution in [0.2, 0.25) is 0 Å². The van der Waals surface area contributed by atoms with Crippen molar-refractivity contribution in [2.45, 2.75) is 43.1 Å². The van der Waals surface area contributed by atoms with Crippen LogP contribution in [0.5, 0.6) is 0 Å². The van der Waals surface area contributed by atoms with Crippen molar-refractivity contribution in [3.05, 3.63) is 0 Å². The third-order valence-corrected chi connectivity index (χ3v) is 5.78. The Morgan fingerprint density at radius 1 is 1.46 bits per heavy atom. The number of amides is 1. The largest absolute Gasteiger partial charge is 0.358 e. The summed E-state index contributed by atoms with van der Waals surface area (Å²) in [7, 11) is 5.36. The predicted molar refractivity (Wildman–Crippen MR) is 61.0 cm³/mol. The van der Waals surface area contributed by atoms with Crippen LogP contribution in [0.15, 0.2) is 0 Å². The van der Waals surface area contributed by atoms with Crippen LogP contribution in [0.4, 0.5) is 0 Å². The van der Waals surface area contributed by atoms with Gasteiger partial charge < -0.3 is 5.32 Å². The van der Waals surface area contributed by atoms with Gasteiger partial charge in [-0.2, -0.15) is 0 Å². The van der Waals surface area contributed by atoms with E-state index in [4.69, 9.17) is 0 Å². The third kappa shape index (κ3) is 3.43. The first kappa shape index (κ1) is 11.2. The molecule has 1 aliphatic rings. The zero-order chi connectivity index (χ0) is 9.68. The van der Waals surface area contributed by atoms with Gasteiger partial charge in [-0.05, 0) is 19.3 Å². The summed E-state index contributed by atoms with van der Waals surface area (Å²) in [6.07, 6.45) is 4.71. The second kappa shape index (κ2) is 5.81. The standard InChI is InChI=1S/C9H17NOS2/c1-3-7-5-4-6-8(13-12-7)9(11)10-2/h7-8H,3-6H2,1-2H3,(H,10,11). The SMILES string of the molecule is CCC1CCCC(C(=O)NC)SS1. The van der Waals surface area contributed by atoms with E-state index in [1.807, 2.05) is 10.8 Å². The van der Waals surface area contributed by atoms with Crippen LogP contribution < -0.4 is 5.32 Å². The minimum absolute atomic E-state index is 0.173. The summed E-state index contributed by atoms with van der Waals surface area (Å²) in [4.78, 5) is 11.4. The molecule has 76 valence electrons. The minimum atomic E-state index is 0.173. The number of carbonyl (C=O) groups excluding carboxylic acids is 1. The number of nitrogens with one attached hydrogen (secondary N) is 1. The zero-order valence-electron chi connectivity index (χ0n) is 8.21. The maximum Gasteiger partial charge on any atom is 0.233 e. The first-order chi connectivity index (χ1) is 6.27. The fourth-order valence-electron chi connectivity index (χ4n) is 1.38. The summed E-state index contributed by atoms with van der Waals surface area (Å²) >= 11 is 0. The van der Waals surface area contributed by atoms with Crippen molar-refractivity contribution in [2.24, 2.45) is 0 Å². The van der Waals surface area contributed by atoms with Crippen molar-refractivity contribution < 1.29 is 4.79 Å². The quantitative estimate of drug-likeness (QED) is 0.723. The van der Waals surface area contributed by atoms with Crippen molar-refractivity contribution in [1.82, 2.24) is 5.32 Å². The highest BCUT2D eigenvalue weighted by Crippen LogP contribution is 2.40. The number of rotatable bonds is 2. The van der Waals surface area contributed by atoms with Crippen LogP contribution in [-0.2, 0) is 4.79 Å². The third-order valence-electron chi connectivity index (χ3n) is 2.29. The number of carbonyl (C=O) groups is 1. The Kier molecular flexibility index (Phi) is 5.02. The summed E-state index contributed by atoms with van der Waals surface area (Å²) in [6, 6.07) is 0. The van der Waals surface area contributed by atoms with Crippen molar-refractivity contribution in [3.8, 4) is 0 Å². The summed E-state index contributed by atoms with van der Waals surface area (Å²) in [5, 5.41) is 3.64. The molecule has 1 aliphatic heterocycles. The lowest BCUT2D eigenvalue weighted by Crippen LogP contribution is -2.28. The molecule has 1 rings (SSSR count). The van der Waals surface area contributed by atoms with E-state index in [-0.39, 0.29) is 11.2 Å². The van der Waals surface area contributed by atoms with Gasteiger partial charge in [0, 0.05) is 12.3 Å². The lowest BCUT2D eigenvalue weighted by atomic mass is 10.1. The molecule has 0 aromatic carbocycles. The Morgan fingerprint density at radius 3 is 2.85 bits per heavy atom. The highest BCUT2D eigenvalue weighted by molar-refractivity contribution is 8.77. The van der Waals surface area contributed by atoms with Gasteiger partial charge in [0.05, 0.1) is 5.25 Å². The molecule has 2 atom stereocenters. The molecule has 1 amide bonds. The summed E-state index contributed by atoms with van der Waals surface area (Å²) < 4.78 is 0. The van der Waals surface area contributed by atoms with Gasteiger partial charge >= 0.3 is 0 Å². The Bertz CT molecular complexity index is 175. The molecular formula is C9H17NOS2. The van der Waals surface area contributed by atoms with Gasteiger partial charge in [0.2, 0.25) is 5.91 Å². The molecule has 4 heteroatoms. The van der Waals surface area contributed by atoms with Crippen molar-refractivity contribution in [3.63, 3.8) is 0 Å². The van der Waals surface area contributed by atoms with E-state index in [2.05, 4.69) is 12.2 Å². The molecule has 1 heterocycles. The molecule has 1 fully saturated rings. The van der Waals surface area contributed by atoms with Gasteiger partial charge in [0.15, 0.2) is 0 Å². The van der Waals surface area contributed by atoms with E-state index in [1.165, 1.54) is 19.3 Å². The van der Waals surface area contributed by atoms with Gasteiger partial charge in [-0.25, -0.2) is 0 Å². The molecule has 0 bridgehead atoms. The Hall–Kier alpha value is 0.170. The van der Waals surface area contributed by atoms with Gasteiger partial charge in [0.1, 0.15) is 0 Å². The highest BCUT2D eigenvalue weighted by atomic mass is 33.1. The van der Waals surface area contributed by atoms with Crippen molar-refractivity contribution in [2.75, 3.05) is 7.05 Å². The molecule has 0 radical (unpaired) electrons. The molecule has 0 saturated carbocycles. The average Bonchev–Trinajstić information content (AvgIpc) is 2.41. The molecule has 0 aromatic heterocycles. The molecular weight excluding hydrogens is 202 g/mol. The molecule has 1 N–H and O–H groups in total. The van der Waals surface area contributed by atoms with Crippen LogP contribution >= 0.6 is 21.6 Å². The molecule has 1 saturated heterocycles. The highest BCUT2D eigenvalue weighted by Gasteiger charge is 2.23. The Labute approximate surface area is 88.0 Å². The predicted octanol–water partition coefficient (Wildman–Crippen LogP) is 2.44. The van der Waals surface area contributed by atoms with Crippen LogP contribution in [-0.4, -0.2) is 23.5 Å². The molecule has 2 unspecified atom stereocenters. The van der Waals surface area contributed by atoms with Gasteiger partial charge in [-0.1, -0.05) is 34.9 Å². The van der Waals surface area contributed by atoms with Crippen LogP contribution in [0.25, 0.3) is 0 Å². The topological polar surface area (TPSA) is 29.1 Å². The Balaban J connectivity index is 2.40. The van der Waals surface area contributed by atoms with Crippen LogP contribution in [0.1, 0.15) is 32.6 Å². The summed E-state index contributed by atoms with van der Waals surface area (Å²) in [6.45, 7) is 2.22. The molecule has 0 spiro atoms. The van der Waals surface area contributed by atoms with Crippen LogP contribution in [0, 0.1) is 0 Å². The lowest BCUT2D eigenvalue weighted by Gasteiger charge is -2.11. The van der Waals surface area contributed by atoms with Gasteiger partial charge in [0.25, 0.3) is 0 Å². The second-order valence-corrected chi connectivity index (χ2v) is 6.03. The molecule has 13 heavy (non-hydrogen) atoms. The summed E-state index contributed by atoms with van der Waals surface area (Å²) in [5.74, 6) is 0.189. The van der Waals surface area contributed by atoms with Crippen molar-refractivity contribution >= 4 is 27.5 Å². The molecule has 0 aromatic rings. The van der Waals surface area contributed by atoms with E-state index in [9.17, 15) is 4.79 Å². The van der Waals surface area contributed by atoms with Gasteiger partial charge in [-0.15, -0.1) is 0 Å². The van der Waals surface area contributed by atoms with E-state index in [1.54, 1.807) is 17.8 Å². The van der Waals surface area contributed by atoms with E-state index in [0.717, 1.165) is 11.7 Å². The first-order valence-electron chi connectivity index (χ1n) is 4.81. The summed E-state index contributed by atoms with van der Waals surface area (Å²) in [5.41, 5.74) is 0. The van der Waals surface area contributed by atoms with Crippen LogP contribution in [0.3, 0.4) is 0 Å². The monoisotopic (exact) mass is 219 g/mol. The maximum atomic E-state index is 11.4. The zero-order valence-corrected chi connectivity index (χ0v) is 9.84. The van der Waals surface area contributed by atoms with Gasteiger partial charge in [-0.3, -0.25) is 4.79 Å². The average molecular weight is 219 g/mol. The minimum Gasteiger partial charge on any atom is -0.358 e. The number of hydrogen-bond donors (Lipinski definition) is 1. The maximum absolute atomic E-state index is 11.4. The lowest BCUT2D eigenvalue weighted by molar-refractivity contribution is -0.120. The second-order valence-electron chi connectivity index (χ2n) is 3.26. The van der Waals surface area contributed by atoms with E-state index < -0.39 is 0 Å². The van der Waals surface area contributed by atoms with E-state index in [0.29, 0.717) is 0 Å². The van der Waals surface area contributed by atoms with E-state index >= 15 is 0 Å². The normalized spacial score (nSPS) is 29.4. The fraction of sp³-hybridized carbons (Fsp3) is 0.889. The fourth-order valence-corrected chi connectivity index (χ4v) is 4.66.